The normalized spacial score (nSPS) is 12.5. The molecule has 9 heteroatoms. The summed E-state index contributed by atoms with van der Waals surface area (Å²) in [5.74, 6) is -0.332. The molecule has 1 heterocycles. The van der Waals surface area contributed by atoms with Crippen molar-refractivity contribution >= 4 is 30.6 Å². The zero-order valence-electron chi connectivity index (χ0n) is 16.0. The first-order chi connectivity index (χ1) is 13.8. The van der Waals surface area contributed by atoms with Gasteiger partial charge < -0.3 is 5.73 Å². The van der Waals surface area contributed by atoms with Crippen molar-refractivity contribution in [2.24, 2.45) is 5.73 Å². The third-order valence-electron chi connectivity index (χ3n) is 4.64. The average molecular weight is 434 g/mol. The summed E-state index contributed by atoms with van der Waals surface area (Å²) in [4.78, 5) is 4.40. The first kappa shape index (κ1) is 21.4. The fourth-order valence-corrected chi connectivity index (χ4v) is 6.32. The van der Waals surface area contributed by atoms with Crippen molar-refractivity contribution in [1.29, 1.82) is 0 Å². The summed E-state index contributed by atoms with van der Waals surface area (Å²) in [6.45, 7) is 1.71. The van der Waals surface area contributed by atoms with E-state index in [4.69, 9.17) is 5.73 Å². The number of hydrogen-bond donors (Lipinski definition) is 1. The topological polar surface area (TPSA) is 110 Å². The molecule has 3 aromatic rings. The predicted molar refractivity (Wildman–Crippen MR) is 113 cm³/mol. The molecule has 0 fully saturated rings. The minimum absolute atomic E-state index is 0.0210. The van der Waals surface area contributed by atoms with E-state index in [-0.39, 0.29) is 35.2 Å². The van der Waals surface area contributed by atoms with E-state index < -0.39 is 19.9 Å². The molecule has 0 saturated carbocycles. The van der Waals surface area contributed by atoms with Gasteiger partial charge in [-0.15, -0.1) is 0 Å². The van der Waals surface area contributed by atoms with Crippen LogP contribution in [0.2, 0.25) is 0 Å². The summed E-state index contributed by atoms with van der Waals surface area (Å²) in [5, 5.41) is 1.28. The molecule has 0 atom stereocenters. The van der Waals surface area contributed by atoms with Crippen molar-refractivity contribution in [1.82, 2.24) is 9.29 Å². The minimum Gasteiger partial charge on any atom is -0.329 e. The Morgan fingerprint density at radius 2 is 1.66 bits per heavy atom. The van der Waals surface area contributed by atoms with Gasteiger partial charge in [-0.2, -0.15) is 4.31 Å². The fourth-order valence-electron chi connectivity index (χ4n) is 3.19. The van der Waals surface area contributed by atoms with Gasteiger partial charge in [0.2, 0.25) is 10.0 Å². The van der Waals surface area contributed by atoms with E-state index in [9.17, 15) is 16.8 Å². The number of hydrogen-bond acceptors (Lipinski definition) is 6. The number of fused-ring (bicyclic) bond motifs is 1. The number of benzene rings is 2. The van der Waals surface area contributed by atoms with Gasteiger partial charge in [0.1, 0.15) is 0 Å². The molecule has 0 amide bonds. The molecule has 0 unspecified atom stereocenters. The summed E-state index contributed by atoms with van der Waals surface area (Å²) >= 11 is 0. The number of aryl methyl sites for hydroxylation is 1. The zero-order chi connectivity index (χ0) is 21.1. The largest absolute Gasteiger partial charge is 0.329 e. The van der Waals surface area contributed by atoms with Crippen LogP contribution in [0.4, 0.5) is 0 Å². The molecule has 0 saturated heterocycles. The smallest absolute Gasteiger partial charge is 0.243 e. The Morgan fingerprint density at radius 1 is 0.931 bits per heavy atom. The Hall–Kier alpha value is -2.33. The molecule has 0 aliphatic rings. The van der Waals surface area contributed by atoms with Crippen LogP contribution >= 0.6 is 0 Å². The third kappa shape index (κ3) is 4.48. The van der Waals surface area contributed by atoms with Crippen LogP contribution < -0.4 is 5.73 Å². The molecule has 0 radical (unpaired) electrons. The van der Waals surface area contributed by atoms with Crippen LogP contribution in [-0.4, -0.2) is 51.5 Å². The second-order valence-electron chi connectivity index (χ2n) is 6.64. The minimum atomic E-state index is -3.96. The van der Waals surface area contributed by atoms with Gasteiger partial charge in [0.25, 0.3) is 0 Å². The Morgan fingerprint density at radius 3 is 2.34 bits per heavy atom. The molecule has 0 aliphatic carbocycles. The Bertz CT molecular complexity index is 1210. The molecule has 0 aliphatic heterocycles. The molecule has 2 aromatic carbocycles. The maximum atomic E-state index is 13.4. The summed E-state index contributed by atoms with van der Waals surface area (Å²) in [6.07, 6.45) is 3.21. The summed E-state index contributed by atoms with van der Waals surface area (Å²) in [5.41, 5.74) is 6.36. The van der Waals surface area contributed by atoms with E-state index in [1.54, 1.807) is 49.6 Å². The van der Waals surface area contributed by atoms with Crippen molar-refractivity contribution in [3.8, 4) is 0 Å². The van der Waals surface area contributed by atoms with E-state index in [1.807, 2.05) is 0 Å². The highest BCUT2D eigenvalue weighted by atomic mass is 32.2. The molecule has 1 aromatic heterocycles. The number of aromatic nitrogens is 1. The van der Waals surface area contributed by atoms with Crippen LogP contribution in [0.3, 0.4) is 0 Å². The van der Waals surface area contributed by atoms with Crippen LogP contribution in [-0.2, 0) is 19.9 Å². The zero-order valence-corrected chi connectivity index (χ0v) is 17.7. The standard InChI is InChI=1S/C20H23N3O4S2/c1-16-14-22-15-17-6-5-9-19(20(16)17)29(26,27)23(11-10-21)12-13-28(24,25)18-7-3-2-4-8-18/h2-9,14-15H,10-13,21H2,1H3. The molecule has 0 spiro atoms. The van der Waals surface area contributed by atoms with E-state index in [0.29, 0.717) is 10.8 Å². The van der Waals surface area contributed by atoms with Gasteiger partial charge >= 0.3 is 0 Å². The van der Waals surface area contributed by atoms with Crippen LogP contribution in [0, 0.1) is 6.92 Å². The average Bonchev–Trinajstić information content (AvgIpc) is 2.71. The highest BCUT2D eigenvalue weighted by molar-refractivity contribution is 7.91. The second kappa shape index (κ2) is 8.58. The van der Waals surface area contributed by atoms with Crippen molar-refractivity contribution in [3.05, 3.63) is 66.5 Å². The molecule has 3 rings (SSSR count). The lowest BCUT2D eigenvalue weighted by Crippen LogP contribution is -2.38. The second-order valence-corrected chi connectivity index (χ2v) is 10.7. The van der Waals surface area contributed by atoms with E-state index >= 15 is 0 Å². The van der Waals surface area contributed by atoms with Gasteiger partial charge in [0.15, 0.2) is 9.84 Å². The first-order valence-corrected chi connectivity index (χ1v) is 12.2. The van der Waals surface area contributed by atoms with Crippen LogP contribution in [0.25, 0.3) is 10.8 Å². The molecule has 29 heavy (non-hydrogen) atoms. The summed E-state index contributed by atoms with van der Waals surface area (Å²) in [6, 6.07) is 13.0. The fraction of sp³-hybridized carbons (Fsp3) is 0.250. The lowest BCUT2D eigenvalue weighted by Gasteiger charge is -2.23. The van der Waals surface area contributed by atoms with Gasteiger partial charge in [-0.1, -0.05) is 30.3 Å². The Kier molecular flexibility index (Phi) is 6.33. The quantitative estimate of drug-likeness (QED) is 0.581. The molecule has 2 N–H and O–H groups in total. The number of sulfonamides is 1. The molecular weight excluding hydrogens is 410 g/mol. The van der Waals surface area contributed by atoms with Crippen LogP contribution in [0.5, 0.6) is 0 Å². The number of rotatable bonds is 8. The summed E-state index contributed by atoms with van der Waals surface area (Å²) in [7, 11) is -7.58. The lowest BCUT2D eigenvalue weighted by molar-refractivity contribution is 0.435. The van der Waals surface area contributed by atoms with Gasteiger partial charge in [-0.25, -0.2) is 16.8 Å². The monoisotopic (exact) mass is 433 g/mol. The SMILES string of the molecule is Cc1cncc2cccc(S(=O)(=O)N(CCN)CCS(=O)(=O)c3ccccc3)c12. The van der Waals surface area contributed by atoms with Crippen molar-refractivity contribution < 1.29 is 16.8 Å². The van der Waals surface area contributed by atoms with Crippen LogP contribution in [0.1, 0.15) is 5.56 Å². The van der Waals surface area contributed by atoms with Crippen molar-refractivity contribution in [2.45, 2.75) is 16.7 Å². The summed E-state index contributed by atoms with van der Waals surface area (Å²) < 4.78 is 53.2. The third-order valence-corrected chi connectivity index (χ3v) is 8.29. The van der Waals surface area contributed by atoms with E-state index in [1.165, 1.54) is 18.2 Å². The van der Waals surface area contributed by atoms with Crippen molar-refractivity contribution in [3.63, 3.8) is 0 Å². The Balaban J connectivity index is 1.97. The maximum Gasteiger partial charge on any atom is 0.243 e. The number of pyridine rings is 1. The number of nitrogens with zero attached hydrogens (tertiary/aromatic N) is 2. The van der Waals surface area contributed by atoms with Gasteiger partial charge in [-0.3, -0.25) is 4.98 Å². The Labute approximate surface area is 171 Å². The highest BCUT2D eigenvalue weighted by Crippen LogP contribution is 2.28. The molecule has 154 valence electrons. The van der Waals surface area contributed by atoms with Crippen LogP contribution in [0.15, 0.2) is 70.7 Å². The maximum absolute atomic E-state index is 13.4. The molecular formula is C20H23N3O4S2. The number of sulfone groups is 1. The van der Waals surface area contributed by atoms with Gasteiger partial charge in [0, 0.05) is 42.8 Å². The van der Waals surface area contributed by atoms with Gasteiger partial charge in [0.05, 0.1) is 15.5 Å². The molecule has 7 nitrogen and oxygen atoms in total. The van der Waals surface area contributed by atoms with Crippen molar-refractivity contribution in [2.75, 3.05) is 25.4 Å². The predicted octanol–water partition coefficient (Wildman–Crippen LogP) is 1.97. The number of nitrogens with two attached hydrogens (primary N) is 1. The molecule has 0 bridgehead atoms. The lowest BCUT2D eigenvalue weighted by atomic mass is 10.1. The van der Waals surface area contributed by atoms with Gasteiger partial charge in [-0.05, 0) is 30.7 Å². The first-order valence-electron chi connectivity index (χ1n) is 9.09. The van der Waals surface area contributed by atoms with E-state index in [0.717, 1.165) is 9.87 Å². The van der Waals surface area contributed by atoms with E-state index in [2.05, 4.69) is 4.98 Å². The highest BCUT2D eigenvalue weighted by Gasteiger charge is 2.28.